The lowest BCUT2D eigenvalue weighted by atomic mass is 10.2. The molecule has 1 heterocycles. The second-order valence-corrected chi connectivity index (χ2v) is 5.12. The summed E-state index contributed by atoms with van der Waals surface area (Å²) in [6.07, 6.45) is 2.97. The predicted octanol–water partition coefficient (Wildman–Crippen LogP) is 2.71. The van der Waals surface area contributed by atoms with E-state index in [4.69, 9.17) is 4.74 Å². The minimum atomic E-state index is 0.161. The Kier molecular flexibility index (Phi) is 6.05. The first-order valence-electron chi connectivity index (χ1n) is 6.72. The van der Waals surface area contributed by atoms with Crippen molar-refractivity contribution in [1.29, 1.82) is 0 Å². The van der Waals surface area contributed by atoms with E-state index in [1.165, 1.54) is 0 Å². The second-order valence-electron chi connectivity index (χ2n) is 5.12. The van der Waals surface area contributed by atoms with Crippen molar-refractivity contribution >= 4 is 0 Å². The van der Waals surface area contributed by atoms with Crippen LogP contribution < -0.4 is 10.1 Å². The Bertz CT molecular complexity index is 366. The molecule has 0 radical (unpaired) electrons. The zero-order valence-electron chi connectivity index (χ0n) is 12.2. The molecular formula is C14H25N3O. The van der Waals surface area contributed by atoms with E-state index >= 15 is 0 Å². The van der Waals surface area contributed by atoms with Crippen molar-refractivity contribution in [3.8, 4) is 6.01 Å². The fraction of sp³-hybridized carbons (Fsp3) is 0.714. The van der Waals surface area contributed by atoms with Crippen molar-refractivity contribution in [1.82, 2.24) is 15.3 Å². The van der Waals surface area contributed by atoms with E-state index in [0.717, 1.165) is 30.8 Å². The van der Waals surface area contributed by atoms with E-state index in [1.54, 1.807) is 0 Å². The van der Waals surface area contributed by atoms with Crippen LogP contribution in [0.4, 0.5) is 0 Å². The Morgan fingerprint density at radius 3 is 2.61 bits per heavy atom. The number of ether oxygens (including phenoxy) is 1. The third-order valence-electron chi connectivity index (χ3n) is 2.81. The molecule has 0 saturated carbocycles. The summed E-state index contributed by atoms with van der Waals surface area (Å²) in [5, 5.41) is 3.39. The standard InChI is InChI=1S/C14H25N3O/c1-6-11(4)18-14-16-9-13(12(5)17-14)8-15-7-10(2)3/h9-11,15H,6-8H2,1-5H3. The van der Waals surface area contributed by atoms with Gasteiger partial charge in [0.05, 0.1) is 6.10 Å². The van der Waals surface area contributed by atoms with Gasteiger partial charge in [0.25, 0.3) is 0 Å². The van der Waals surface area contributed by atoms with Crippen LogP contribution in [0.1, 0.15) is 45.4 Å². The van der Waals surface area contributed by atoms with Gasteiger partial charge in [-0.2, -0.15) is 0 Å². The maximum absolute atomic E-state index is 5.60. The highest BCUT2D eigenvalue weighted by molar-refractivity contribution is 5.17. The lowest BCUT2D eigenvalue weighted by Gasteiger charge is -2.13. The minimum absolute atomic E-state index is 0.161. The quantitative estimate of drug-likeness (QED) is 0.809. The lowest BCUT2D eigenvalue weighted by Crippen LogP contribution is -2.20. The van der Waals surface area contributed by atoms with E-state index in [-0.39, 0.29) is 6.10 Å². The van der Waals surface area contributed by atoms with Crippen LogP contribution >= 0.6 is 0 Å². The molecule has 18 heavy (non-hydrogen) atoms. The van der Waals surface area contributed by atoms with Gasteiger partial charge in [0.2, 0.25) is 0 Å². The van der Waals surface area contributed by atoms with E-state index in [9.17, 15) is 0 Å². The molecule has 1 rings (SSSR count). The highest BCUT2D eigenvalue weighted by atomic mass is 16.5. The molecule has 102 valence electrons. The molecule has 1 N–H and O–H groups in total. The SMILES string of the molecule is CCC(C)Oc1ncc(CNCC(C)C)c(C)n1. The molecule has 0 fully saturated rings. The van der Waals surface area contributed by atoms with Gasteiger partial charge in [0, 0.05) is 24.0 Å². The molecule has 1 aromatic heterocycles. The first-order chi connectivity index (χ1) is 8.52. The van der Waals surface area contributed by atoms with Crippen LogP contribution in [0, 0.1) is 12.8 Å². The molecule has 1 aromatic rings. The summed E-state index contributed by atoms with van der Waals surface area (Å²) in [6.45, 7) is 12.3. The lowest BCUT2D eigenvalue weighted by molar-refractivity contribution is 0.198. The fourth-order valence-corrected chi connectivity index (χ4v) is 1.46. The van der Waals surface area contributed by atoms with Crippen LogP contribution in [0.25, 0.3) is 0 Å². The molecule has 0 amide bonds. The van der Waals surface area contributed by atoms with Crippen molar-refractivity contribution in [2.75, 3.05) is 6.54 Å². The molecule has 4 nitrogen and oxygen atoms in total. The van der Waals surface area contributed by atoms with Crippen LogP contribution in [-0.2, 0) is 6.54 Å². The van der Waals surface area contributed by atoms with Crippen molar-refractivity contribution in [3.63, 3.8) is 0 Å². The Balaban J connectivity index is 2.56. The first-order valence-corrected chi connectivity index (χ1v) is 6.72. The Labute approximate surface area is 110 Å². The number of rotatable bonds is 7. The van der Waals surface area contributed by atoms with Crippen LogP contribution in [0.15, 0.2) is 6.20 Å². The predicted molar refractivity (Wildman–Crippen MR) is 73.7 cm³/mol. The third-order valence-corrected chi connectivity index (χ3v) is 2.81. The Hall–Kier alpha value is -1.16. The summed E-state index contributed by atoms with van der Waals surface area (Å²) in [5.74, 6) is 0.652. The highest BCUT2D eigenvalue weighted by Crippen LogP contribution is 2.11. The molecule has 0 aliphatic carbocycles. The van der Waals surface area contributed by atoms with Crippen molar-refractivity contribution in [3.05, 3.63) is 17.5 Å². The molecule has 1 unspecified atom stereocenters. The van der Waals surface area contributed by atoms with Gasteiger partial charge < -0.3 is 10.1 Å². The smallest absolute Gasteiger partial charge is 0.316 e. The molecule has 4 heteroatoms. The van der Waals surface area contributed by atoms with E-state index in [1.807, 2.05) is 20.0 Å². The summed E-state index contributed by atoms with van der Waals surface area (Å²) in [5.41, 5.74) is 2.12. The number of aryl methyl sites for hydroxylation is 1. The van der Waals surface area contributed by atoms with Gasteiger partial charge in [-0.05, 0) is 32.7 Å². The summed E-state index contributed by atoms with van der Waals surface area (Å²) >= 11 is 0. The number of hydrogen-bond donors (Lipinski definition) is 1. The van der Waals surface area contributed by atoms with Crippen molar-refractivity contribution < 1.29 is 4.74 Å². The molecule has 0 spiro atoms. The zero-order valence-corrected chi connectivity index (χ0v) is 12.2. The van der Waals surface area contributed by atoms with Crippen molar-refractivity contribution in [2.45, 2.75) is 53.7 Å². The topological polar surface area (TPSA) is 47.0 Å². The summed E-state index contributed by atoms with van der Waals surface area (Å²) in [4.78, 5) is 8.64. The third kappa shape index (κ3) is 5.00. The monoisotopic (exact) mass is 251 g/mol. The van der Waals surface area contributed by atoms with Gasteiger partial charge >= 0.3 is 6.01 Å². The second kappa shape index (κ2) is 7.31. The largest absolute Gasteiger partial charge is 0.460 e. The fourth-order valence-electron chi connectivity index (χ4n) is 1.46. The average molecular weight is 251 g/mol. The molecule has 0 bridgehead atoms. The van der Waals surface area contributed by atoms with E-state index in [0.29, 0.717) is 11.9 Å². The Morgan fingerprint density at radius 1 is 1.33 bits per heavy atom. The van der Waals surface area contributed by atoms with E-state index in [2.05, 4.69) is 36.1 Å². The molecule has 1 atom stereocenters. The average Bonchev–Trinajstić information content (AvgIpc) is 2.31. The number of aromatic nitrogens is 2. The Morgan fingerprint density at radius 2 is 2.06 bits per heavy atom. The van der Waals surface area contributed by atoms with E-state index < -0.39 is 0 Å². The van der Waals surface area contributed by atoms with Gasteiger partial charge in [-0.3, -0.25) is 0 Å². The normalized spacial score (nSPS) is 12.8. The van der Waals surface area contributed by atoms with Gasteiger partial charge in [-0.15, -0.1) is 0 Å². The van der Waals surface area contributed by atoms with Gasteiger partial charge in [0.1, 0.15) is 0 Å². The summed E-state index contributed by atoms with van der Waals surface area (Å²) in [6, 6.07) is 0.481. The number of nitrogens with zero attached hydrogens (tertiary/aromatic N) is 2. The first kappa shape index (κ1) is 14.9. The molecule has 0 aliphatic heterocycles. The van der Waals surface area contributed by atoms with Crippen LogP contribution in [0.5, 0.6) is 6.01 Å². The number of hydrogen-bond acceptors (Lipinski definition) is 4. The van der Waals surface area contributed by atoms with Crippen LogP contribution in [0.2, 0.25) is 0 Å². The summed E-state index contributed by atoms with van der Waals surface area (Å²) in [7, 11) is 0. The van der Waals surface area contributed by atoms with Crippen molar-refractivity contribution in [2.24, 2.45) is 5.92 Å². The molecule has 0 aliphatic rings. The summed E-state index contributed by atoms with van der Waals surface area (Å²) < 4.78 is 5.60. The molecule has 0 saturated heterocycles. The van der Waals surface area contributed by atoms with Gasteiger partial charge in [-0.25, -0.2) is 9.97 Å². The highest BCUT2D eigenvalue weighted by Gasteiger charge is 2.07. The van der Waals surface area contributed by atoms with Gasteiger partial charge in [-0.1, -0.05) is 20.8 Å². The van der Waals surface area contributed by atoms with Crippen LogP contribution in [0.3, 0.4) is 0 Å². The maximum Gasteiger partial charge on any atom is 0.316 e. The zero-order chi connectivity index (χ0) is 13.5. The van der Waals surface area contributed by atoms with Crippen LogP contribution in [-0.4, -0.2) is 22.6 Å². The number of nitrogens with one attached hydrogen (secondary N) is 1. The van der Waals surface area contributed by atoms with Gasteiger partial charge in [0.15, 0.2) is 0 Å². The minimum Gasteiger partial charge on any atom is -0.460 e. The maximum atomic E-state index is 5.60. The molecular weight excluding hydrogens is 226 g/mol. The molecule has 0 aromatic carbocycles.